The van der Waals surface area contributed by atoms with Crippen molar-refractivity contribution in [3.8, 4) is 16.9 Å². The number of fused-ring (bicyclic) bond motifs is 3. The van der Waals surface area contributed by atoms with Crippen molar-refractivity contribution >= 4 is 27.6 Å². The maximum absolute atomic E-state index is 11.6. The van der Waals surface area contributed by atoms with E-state index < -0.39 is 5.24 Å². The molecule has 1 N–H and O–H groups in total. The smallest absolute Gasteiger partial charge is 0.253 e. The molecule has 0 saturated carbocycles. The number of aromatic nitrogens is 2. The third-order valence-electron chi connectivity index (χ3n) is 3.73. The summed E-state index contributed by atoms with van der Waals surface area (Å²) in [5, 5.41) is 4.73. The summed E-state index contributed by atoms with van der Waals surface area (Å²) in [4.78, 5) is 11.6. The van der Waals surface area contributed by atoms with E-state index in [-0.39, 0.29) is 0 Å². The third-order valence-corrected chi connectivity index (χ3v) is 3.94. The Kier molecular flexibility index (Phi) is 2.62. The Morgan fingerprint density at radius 2 is 1.81 bits per heavy atom. The number of hydrogen-bond acceptors (Lipinski definition) is 1. The van der Waals surface area contributed by atoms with Crippen molar-refractivity contribution in [3.63, 3.8) is 0 Å². The zero-order valence-electron chi connectivity index (χ0n) is 11.0. The first-order valence-corrected chi connectivity index (χ1v) is 7.00. The molecule has 3 nitrogen and oxygen atoms in total. The first kappa shape index (κ1) is 12.2. The van der Waals surface area contributed by atoms with E-state index in [0.29, 0.717) is 5.56 Å². The van der Waals surface area contributed by atoms with Crippen molar-refractivity contribution in [2.45, 2.75) is 0 Å². The molecule has 1 heterocycles. The molecule has 102 valence electrons. The number of nitrogens with one attached hydrogen (secondary N) is 1. The van der Waals surface area contributed by atoms with Gasteiger partial charge in [0.15, 0.2) is 0 Å². The summed E-state index contributed by atoms with van der Waals surface area (Å²) in [6, 6.07) is 17.7. The van der Waals surface area contributed by atoms with Gasteiger partial charge in [-0.25, -0.2) is 0 Å². The molecule has 4 rings (SSSR count). The molecule has 2 aliphatic rings. The van der Waals surface area contributed by atoms with Crippen LogP contribution in [0.15, 0.2) is 60.8 Å². The highest BCUT2D eigenvalue weighted by molar-refractivity contribution is 6.68. The first-order valence-electron chi connectivity index (χ1n) is 6.62. The van der Waals surface area contributed by atoms with Crippen molar-refractivity contribution in [3.05, 3.63) is 66.4 Å². The van der Waals surface area contributed by atoms with E-state index >= 15 is 0 Å². The lowest BCUT2D eigenvalue weighted by molar-refractivity contribution is 0.108. The lowest BCUT2D eigenvalue weighted by Gasteiger charge is -2.06. The van der Waals surface area contributed by atoms with Crippen LogP contribution in [0.5, 0.6) is 0 Å². The maximum atomic E-state index is 11.6. The Balaban J connectivity index is 2.07. The first-order chi connectivity index (χ1) is 10.3. The molecule has 0 radical (unpaired) electrons. The van der Waals surface area contributed by atoms with E-state index in [4.69, 9.17) is 11.6 Å². The minimum absolute atomic E-state index is 0.427. The second-order valence-electron chi connectivity index (χ2n) is 4.93. The molecule has 0 fully saturated rings. The van der Waals surface area contributed by atoms with Crippen LogP contribution in [0.4, 0.5) is 0 Å². The molecular formula is C17H11ClN2O. The molecular weight excluding hydrogens is 284 g/mol. The molecule has 4 heteroatoms. The topological polar surface area (TPSA) is 37.8 Å². The van der Waals surface area contributed by atoms with Crippen molar-refractivity contribution < 1.29 is 4.79 Å². The van der Waals surface area contributed by atoms with Crippen LogP contribution in [0.25, 0.3) is 27.7 Å². The summed E-state index contributed by atoms with van der Waals surface area (Å²) in [5.41, 5.74) is 3.70. The van der Waals surface area contributed by atoms with Crippen LogP contribution >= 0.6 is 11.6 Å². The lowest BCUT2D eigenvalue weighted by atomic mass is 10.1. The molecule has 0 spiro atoms. The monoisotopic (exact) mass is 294 g/mol. The molecule has 0 aromatic heterocycles. The predicted molar refractivity (Wildman–Crippen MR) is 84.4 cm³/mol. The number of carbonyl (C=O) groups excluding carboxylic acids is 1. The predicted octanol–water partition coefficient (Wildman–Crippen LogP) is 4.44. The normalized spacial score (nSPS) is 11.3. The highest BCUT2D eigenvalue weighted by Gasteiger charge is 2.19. The highest BCUT2D eigenvalue weighted by atomic mass is 35.5. The zero-order valence-corrected chi connectivity index (χ0v) is 11.8. The van der Waals surface area contributed by atoms with Gasteiger partial charge in [0.25, 0.3) is 5.24 Å². The summed E-state index contributed by atoms with van der Waals surface area (Å²) in [5.74, 6) is 0. The molecule has 2 aromatic carbocycles. The molecule has 21 heavy (non-hydrogen) atoms. The third kappa shape index (κ3) is 1.78. The number of nitrogens with zero attached hydrogens (tertiary/aromatic N) is 1. The number of aromatic amines is 1. The van der Waals surface area contributed by atoms with Crippen molar-refractivity contribution in [1.29, 1.82) is 0 Å². The van der Waals surface area contributed by atoms with Crippen molar-refractivity contribution in [2.75, 3.05) is 0 Å². The highest BCUT2D eigenvalue weighted by Crippen LogP contribution is 2.37. The number of para-hydroxylation sites is 1. The van der Waals surface area contributed by atoms with Crippen molar-refractivity contribution in [1.82, 2.24) is 9.78 Å². The minimum Gasteiger partial charge on any atom is -0.300 e. The number of benzene rings is 2. The van der Waals surface area contributed by atoms with E-state index in [1.165, 1.54) is 0 Å². The Bertz CT molecular complexity index is 921. The van der Waals surface area contributed by atoms with E-state index in [1.54, 1.807) is 6.07 Å². The molecule has 2 aromatic rings. The molecule has 1 aliphatic carbocycles. The number of halogens is 1. The average Bonchev–Trinajstić information content (AvgIpc) is 3.06. The standard InChI is InChI=1S/C17H11ClN2O/c18-17(21)14-8-4-7-13-15(14)9-11-10-19-20(16(11)13)12-5-2-1-3-6-12/h1-10,19H. The number of carbonyl (C=O) groups is 1. The van der Waals surface area contributed by atoms with Gasteiger partial charge in [-0.1, -0.05) is 30.3 Å². The summed E-state index contributed by atoms with van der Waals surface area (Å²) >= 11 is 5.68. The van der Waals surface area contributed by atoms with Gasteiger partial charge in [0.2, 0.25) is 0 Å². The van der Waals surface area contributed by atoms with Gasteiger partial charge in [0.1, 0.15) is 0 Å². The largest absolute Gasteiger partial charge is 0.300 e. The Hall–Kier alpha value is -2.52. The van der Waals surface area contributed by atoms with Gasteiger partial charge >= 0.3 is 0 Å². The van der Waals surface area contributed by atoms with E-state index in [1.807, 2.05) is 59.4 Å². The Morgan fingerprint density at radius 3 is 2.57 bits per heavy atom. The van der Waals surface area contributed by atoms with Gasteiger partial charge in [-0.05, 0) is 41.3 Å². The summed E-state index contributed by atoms with van der Waals surface area (Å²) in [6.45, 7) is 0. The van der Waals surface area contributed by atoms with E-state index in [9.17, 15) is 4.79 Å². The number of hydrogen-bond donors (Lipinski definition) is 1. The maximum Gasteiger partial charge on any atom is 0.253 e. The zero-order chi connectivity index (χ0) is 14.4. The molecule has 0 unspecified atom stereocenters. The second-order valence-corrected chi connectivity index (χ2v) is 5.28. The summed E-state index contributed by atoms with van der Waals surface area (Å²) < 4.78 is 2.01. The van der Waals surface area contributed by atoms with Crippen LogP contribution in [0.1, 0.15) is 10.4 Å². The fraction of sp³-hybridized carbons (Fsp3) is 0. The van der Waals surface area contributed by atoms with Gasteiger partial charge in [-0.2, -0.15) is 0 Å². The van der Waals surface area contributed by atoms with Gasteiger partial charge in [-0.3, -0.25) is 9.48 Å². The molecule has 0 saturated heterocycles. The fourth-order valence-corrected chi connectivity index (χ4v) is 2.98. The van der Waals surface area contributed by atoms with Gasteiger partial charge in [-0.15, -0.1) is 0 Å². The Morgan fingerprint density at radius 1 is 1.00 bits per heavy atom. The molecule has 0 atom stereocenters. The van der Waals surface area contributed by atoms with Gasteiger partial charge in [0, 0.05) is 22.7 Å². The van der Waals surface area contributed by atoms with Crippen LogP contribution in [-0.2, 0) is 0 Å². The summed E-state index contributed by atoms with van der Waals surface area (Å²) in [6.07, 6.45) is 1.94. The van der Waals surface area contributed by atoms with Crippen molar-refractivity contribution in [2.24, 2.45) is 0 Å². The Labute approximate surface area is 126 Å². The lowest BCUT2D eigenvalue weighted by Crippen LogP contribution is -1.96. The number of H-pyrrole nitrogens is 1. The summed E-state index contributed by atoms with van der Waals surface area (Å²) in [7, 11) is 0. The fourth-order valence-electron chi connectivity index (χ4n) is 2.82. The quantitative estimate of drug-likeness (QED) is 0.545. The van der Waals surface area contributed by atoms with Crippen LogP contribution < -0.4 is 0 Å². The second kappa shape index (κ2) is 4.50. The van der Waals surface area contributed by atoms with Crippen LogP contribution in [0.2, 0.25) is 0 Å². The minimum atomic E-state index is -0.427. The molecule has 1 aliphatic heterocycles. The van der Waals surface area contributed by atoms with E-state index in [2.05, 4.69) is 5.10 Å². The SMILES string of the molecule is O=C(Cl)c1cccc2c3n(-c4ccccc4)[nH]cc-3cc12. The van der Waals surface area contributed by atoms with Crippen LogP contribution in [0.3, 0.4) is 0 Å². The number of rotatable bonds is 2. The molecule has 0 bridgehead atoms. The van der Waals surface area contributed by atoms with Crippen LogP contribution in [-0.4, -0.2) is 15.0 Å². The van der Waals surface area contributed by atoms with E-state index in [0.717, 1.165) is 27.7 Å². The average molecular weight is 295 g/mol. The van der Waals surface area contributed by atoms with Gasteiger partial charge in [0.05, 0.1) is 11.4 Å². The van der Waals surface area contributed by atoms with Crippen LogP contribution in [0, 0.1) is 0 Å². The van der Waals surface area contributed by atoms with Gasteiger partial charge < -0.3 is 5.10 Å². The molecule has 0 amide bonds.